The Morgan fingerprint density at radius 1 is 0.425 bits per heavy atom. The number of benzene rings is 6. The SMILES string of the molecule is N#CC(C#N)=Cc1ccc2c(c1)-c1ccc3c4c(ccc-2c14)-c1cc(-c2ccccc2)c(-c2ccccc2)cc1-3. The van der Waals surface area contributed by atoms with Gasteiger partial charge in [0.2, 0.25) is 0 Å². The van der Waals surface area contributed by atoms with Crippen LogP contribution in [0.3, 0.4) is 0 Å². The first-order valence-electron chi connectivity index (χ1n) is 13.3. The first-order valence-corrected chi connectivity index (χ1v) is 13.3. The van der Waals surface area contributed by atoms with Crippen LogP contribution >= 0.6 is 0 Å². The molecular formula is C38H20N2. The minimum Gasteiger partial charge on any atom is -0.192 e. The van der Waals surface area contributed by atoms with Crippen LogP contribution < -0.4 is 0 Å². The Balaban J connectivity index is 1.38. The van der Waals surface area contributed by atoms with Crippen molar-refractivity contribution in [2.24, 2.45) is 0 Å². The highest BCUT2D eigenvalue weighted by molar-refractivity contribution is 6.26. The van der Waals surface area contributed by atoms with Crippen LogP contribution in [0.4, 0.5) is 0 Å². The van der Waals surface area contributed by atoms with Gasteiger partial charge in [0.05, 0.1) is 0 Å². The molecule has 6 aromatic carbocycles. The second-order valence-corrected chi connectivity index (χ2v) is 10.3. The van der Waals surface area contributed by atoms with Crippen molar-refractivity contribution in [3.63, 3.8) is 0 Å². The maximum atomic E-state index is 9.24. The Morgan fingerprint density at radius 3 is 1.32 bits per heavy atom. The Hall–Kier alpha value is -5.70. The molecule has 2 aliphatic carbocycles. The molecule has 0 radical (unpaired) electrons. The summed E-state index contributed by atoms with van der Waals surface area (Å²) in [6.07, 6.45) is 1.66. The molecule has 2 nitrogen and oxygen atoms in total. The molecule has 0 aliphatic heterocycles. The van der Waals surface area contributed by atoms with E-state index in [4.69, 9.17) is 0 Å². The number of hydrogen-bond donors (Lipinski definition) is 0. The number of allylic oxidation sites excluding steroid dienone is 1. The molecule has 0 heterocycles. The average Bonchev–Trinajstić information content (AvgIpc) is 3.51. The zero-order chi connectivity index (χ0) is 26.8. The van der Waals surface area contributed by atoms with E-state index in [1.165, 1.54) is 72.0 Å². The van der Waals surface area contributed by atoms with Gasteiger partial charge in [-0.3, -0.25) is 0 Å². The molecule has 6 aromatic rings. The molecule has 2 aliphatic rings. The van der Waals surface area contributed by atoms with Crippen molar-refractivity contribution in [2.75, 3.05) is 0 Å². The van der Waals surface area contributed by atoms with Crippen molar-refractivity contribution in [1.82, 2.24) is 0 Å². The standard InChI is InChI=1S/C38H20N2/c39-21-24(22-40)17-23-11-12-27-28-13-14-30-35-19-32(25-7-3-1-4-8-25)33(26-9-5-2-6-10-26)20-36(35)31-16-15-29(34(27)18-23)37(28)38(30)31/h1-20H. The molecule has 0 spiro atoms. The summed E-state index contributed by atoms with van der Waals surface area (Å²) in [6.45, 7) is 0. The van der Waals surface area contributed by atoms with E-state index >= 15 is 0 Å². The number of rotatable bonds is 3. The molecular weight excluding hydrogens is 484 g/mol. The molecule has 182 valence electrons. The molecule has 40 heavy (non-hydrogen) atoms. The molecule has 0 unspecified atom stereocenters. The summed E-state index contributed by atoms with van der Waals surface area (Å²) in [5.74, 6) is 0. The fourth-order valence-electron chi connectivity index (χ4n) is 6.52. The van der Waals surface area contributed by atoms with Gasteiger partial charge in [0, 0.05) is 0 Å². The van der Waals surface area contributed by atoms with E-state index in [2.05, 4.69) is 109 Å². The van der Waals surface area contributed by atoms with Gasteiger partial charge in [0.15, 0.2) is 0 Å². The molecule has 0 N–H and O–H groups in total. The molecule has 0 fully saturated rings. The molecule has 0 aromatic heterocycles. The summed E-state index contributed by atoms with van der Waals surface area (Å²) in [6, 6.07) is 45.2. The highest BCUT2D eigenvalue weighted by atomic mass is 14.3. The number of nitrogens with zero attached hydrogens (tertiary/aromatic N) is 2. The van der Waals surface area contributed by atoms with Crippen LogP contribution in [0.15, 0.2) is 121 Å². The number of hydrogen-bond acceptors (Lipinski definition) is 2. The van der Waals surface area contributed by atoms with Crippen LogP contribution in [-0.2, 0) is 0 Å². The normalized spacial score (nSPS) is 11.4. The van der Waals surface area contributed by atoms with Crippen LogP contribution in [0, 0.1) is 22.7 Å². The molecule has 0 saturated carbocycles. The lowest BCUT2D eigenvalue weighted by Gasteiger charge is -2.14. The summed E-state index contributed by atoms with van der Waals surface area (Å²) in [7, 11) is 0. The van der Waals surface area contributed by atoms with E-state index in [1.807, 2.05) is 18.2 Å². The van der Waals surface area contributed by atoms with Gasteiger partial charge in [-0.25, -0.2) is 0 Å². The quantitative estimate of drug-likeness (QED) is 0.225. The third-order valence-electron chi connectivity index (χ3n) is 8.24. The summed E-state index contributed by atoms with van der Waals surface area (Å²) in [4.78, 5) is 0. The molecule has 0 bridgehead atoms. The summed E-state index contributed by atoms with van der Waals surface area (Å²) < 4.78 is 0. The average molecular weight is 505 g/mol. The molecule has 8 rings (SSSR count). The minimum absolute atomic E-state index is 0.107. The van der Waals surface area contributed by atoms with E-state index in [9.17, 15) is 10.5 Å². The molecule has 2 heteroatoms. The molecule has 0 amide bonds. The topological polar surface area (TPSA) is 47.6 Å². The van der Waals surface area contributed by atoms with Gasteiger partial charge in [0.1, 0.15) is 17.7 Å². The third kappa shape index (κ3) is 3.08. The van der Waals surface area contributed by atoms with Crippen LogP contribution in [-0.4, -0.2) is 0 Å². The van der Waals surface area contributed by atoms with E-state index in [-0.39, 0.29) is 5.57 Å². The van der Waals surface area contributed by atoms with Crippen molar-refractivity contribution in [1.29, 1.82) is 10.5 Å². The van der Waals surface area contributed by atoms with Crippen molar-refractivity contribution in [3.8, 4) is 78.9 Å². The second kappa shape index (κ2) is 8.40. The smallest absolute Gasteiger partial charge is 0.130 e. The van der Waals surface area contributed by atoms with Crippen LogP contribution in [0.25, 0.3) is 83.6 Å². The number of fused-ring (bicyclic) bond motifs is 6. The summed E-state index contributed by atoms with van der Waals surface area (Å²) in [5, 5.41) is 21.1. The van der Waals surface area contributed by atoms with Gasteiger partial charge in [0.25, 0.3) is 0 Å². The van der Waals surface area contributed by atoms with Gasteiger partial charge in [-0.2, -0.15) is 10.5 Å². The van der Waals surface area contributed by atoms with Crippen molar-refractivity contribution in [2.45, 2.75) is 0 Å². The third-order valence-corrected chi connectivity index (χ3v) is 8.24. The highest BCUT2D eigenvalue weighted by Gasteiger charge is 2.30. The predicted octanol–water partition coefficient (Wildman–Crippen LogP) is 9.90. The first kappa shape index (κ1) is 22.3. The zero-order valence-electron chi connectivity index (χ0n) is 21.4. The van der Waals surface area contributed by atoms with Crippen LogP contribution in [0.1, 0.15) is 5.56 Å². The van der Waals surface area contributed by atoms with E-state index in [0.717, 1.165) is 11.1 Å². The molecule has 0 saturated heterocycles. The van der Waals surface area contributed by atoms with Crippen LogP contribution in [0.2, 0.25) is 0 Å². The second-order valence-electron chi connectivity index (χ2n) is 10.3. The highest BCUT2D eigenvalue weighted by Crippen LogP contribution is 2.57. The van der Waals surface area contributed by atoms with Crippen molar-refractivity contribution in [3.05, 3.63) is 126 Å². The van der Waals surface area contributed by atoms with Gasteiger partial charge < -0.3 is 0 Å². The van der Waals surface area contributed by atoms with E-state index in [1.54, 1.807) is 6.08 Å². The van der Waals surface area contributed by atoms with Gasteiger partial charge in [-0.15, -0.1) is 0 Å². The molecule has 0 atom stereocenters. The Kier molecular flexibility index (Phi) is 4.68. The summed E-state index contributed by atoms with van der Waals surface area (Å²) >= 11 is 0. The minimum atomic E-state index is 0.107. The lowest BCUT2D eigenvalue weighted by atomic mass is 9.89. The van der Waals surface area contributed by atoms with Gasteiger partial charge >= 0.3 is 0 Å². The summed E-state index contributed by atoms with van der Waals surface area (Å²) in [5.41, 5.74) is 15.7. The lowest BCUT2D eigenvalue weighted by molar-refractivity contribution is 1.47. The lowest BCUT2D eigenvalue weighted by Crippen LogP contribution is -1.88. The van der Waals surface area contributed by atoms with E-state index in [0.29, 0.717) is 0 Å². The van der Waals surface area contributed by atoms with Gasteiger partial charge in [-0.1, -0.05) is 97.1 Å². The fraction of sp³-hybridized carbons (Fsp3) is 0. The monoisotopic (exact) mass is 504 g/mol. The zero-order valence-corrected chi connectivity index (χ0v) is 21.4. The number of nitriles is 2. The maximum Gasteiger partial charge on any atom is 0.130 e. The van der Waals surface area contributed by atoms with Gasteiger partial charge in [-0.05, 0) is 107 Å². The van der Waals surface area contributed by atoms with E-state index < -0.39 is 0 Å². The van der Waals surface area contributed by atoms with Crippen molar-refractivity contribution < 1.29 is 0 Å². The fourth-order valence-corrected chi connectivity index (χ4v) is 6.52. The maximum absolute atomic E-state index is 9.24. The van der Waals surface area contributed by atoms with Crippen molar-refractivity contribution >= 4 is 16.8 Å². The first-order chi connectivity index (χ1) is 19.7. The largest absolute Gasteiger partial charge is 0.192 e. The predicted molar refractivity (Wildman–Crippen MR) is 163 cm³/mol. The Morgan fingerprint density at radius 2 is 0.850 bits per heavy atom. The Labute approximate surface area is 232 Å². The van der Waals surface area contributed by atoms with Crippen LogP contribution in [0.5, 0.6) is 0 Å². The Bertz CT molecular complexity index is 2070.